The van der Waals surface area contributed by atoms with Crippen LogP contribution in [0.1, 0.15) is 44.7 Å². The second-order valence-electron chi connectivity index (χ2n) is 7.59. The Morgan fingerprint density at radius 2 is 1.69 bits per heavy atom. The van der Waals surface area contributed by atoms with Gasteiger partial charge in [-0.3, -0.25) is 4.90 Å². The monoisotopic (exact) mass is 350 g/mol. The van der Waals surface area contributed by atoms with Crippen molar-refractivity contribution < 1.29 is 9.53 Å². The number of nitrogens with zero attached hydrogens (tertiary/aromatic N) is 2. The predicted octanol–water partition coefficient (Wildman–Crippen LogP) is 5.34. The summed E-state index contributed by atoms with van der Waals surface area (Å²) in [4.78, 5) is 18.7. The molecular formula is C22H26N2O2. The summed E-state index contributed by atoms with van der Waals surface area (Å²) in [7, 11) is 0. The molecule has 0 atom stereocenters. The van der Waals surface area contributed by atoms with Crippen LogP contribution in [-0.4, -0.2) is 29.0 Å². The van der Waals surface area contributed by atoms with Gasteiger partial charge in [0.05, 0.1) is 5.69 Å². The van der Waals surface area contributed by atoms with Gasteiger partial charge in [0.2, 0.25) is 0 Å². The van der Waals surface area contributed by atoms with E-state index < -0.39 is 5.60 Å². The molecule has 0 aliphatic carbocycles. The summed E-state index contributed by atoms with van der Waals surface area (Å²) in [5.74, 6) is 0.787. The first-order chi connectivity index (χ1) is 12.4. The summed E-state index contributed by atoms with van der Waals surface area (Å²) in [6.07, 6.45) is 2.31. The molecule has 136 valence electrons. The molecule has 4 nitrogen and oxygen atoms in total. The van der Waals surface area contributed by atoms with Crippen molar-refractivity contribution >= 4 is 17.6 Å². The number of carbonyl (C=O) groups excluding carboxylic acids is 1. The van der Waals surface area contributed by atoms with Crippen LogP contribution in [0.3, 0.4) is 0 Å². The van der Waals surface area contributed by atoms with Gasteiger partial charge >= 0.3 is 6.09 Å². The van der Waals surface area contributed by atoms with Gasteiger partial charge < -0.3 is 4.74 Å². The number of benzene rings is 2. The number of amidine groups is 1. The van der Waals surface area contributed by atoms with Crippen molar-refractivity contribution in [2.24, 2.45) is 4.99 Å². The van der Waals surface area contributed by atoms with Crippen molar-refractivity contribution in [1.29, 1.82) is 0 Å². The van der Waals surface area contributed by atoms with Crippen molar-refractivity contribution in [3.63, 3.8) is 0 Å². The second-order valence-corrected chi connectivity index (χ2v) is 7.59. The molecule has 0 saturated carbocycles. The Labute approximate surface area is 155 Å². The first-order valence-corrected chi connectivity index (χ1v) is 9.12. The molecular weight excluding hydrogens is 324 g/mol. The highest BCUT2D eigenvalue weighted by Crippen LogP contribution is 2.22. The van der Waals surface area contributed by atoms with E-state index in [1.165, 1.54) is 11.1 Å². The van der Waals surface area contributed by atoms with E-state index in [9.17, 15) is 4.79 Å². The molecule has 1 aliphatic rings. The second kappa shape index (κ2) is 7.73. The molecule has 26 heavy (non-hydrogen) atoms. The fourth-order valence-corrected chi connectivity index (χ4v) is 2.96. The third-order valence-corrected chi connectivity index (χ3v) is 4.15. The zero-order valence-corrected chi connectivity index (χ0v) is 15.7. The molecule has 1 amide bonds. The molecule has 2 aromatic rings. The molecule has 0 aromatic heterocycles. The van der Waals surface area contributed by atoms with Crippen molar-refractivity contribution in [2.75, 3.05) is 6.54 Å². The maximum absolute atomic E-state index is 12.3. The van der Waals surface area contributed by atoms with E-state index in [4.69, 9.17) is 4.74 Å². The zero-order chi connectivity index (χ0) is 18.6. The first-order valence-electron chi connectivity index (χ1n) is 9.12. The molecule has 1 heterocycles. The van der Waals surface area contributed by atoms with Crippen LogP contribution in [0.15, 0.2) is 59.6 Å². The fourth-order valence-electron chi connectivity index (χ4n) is 2.96. The summed E-state index contributed by atoms with van der Waals surface area (Å²) in [5.41, 5.74) is 2.91. The summed E-state index contributed by atoms with van der Waals surface area (Å²) >= 11 is 0. The fraction of sp³-hybridized carbons (Fsp3) is 0.364. The summed E-state index contributed by atoms with van der Waals surface area (Å²) in [5, 5.41) is 0. The van der Waals surface area contributed by atoms with Crippen LogP contribution in [-0.2, 0) is 11.2 Å². The van der Waals surface area contributed by atoms with Crippen LogP contribution >= 0.6 is 0 Å². The lowest BCUT2D eigenvalue weighted by Crippen LogP contribution is -2.37. The molecule has 0 spiro atoms. The minimum Gasteiger partial charge on any atom is -0.443 e. The van der Waals surface area contributed by atoms with Crippen molar-refractivity contribution in [1.82, 2.24) is 4.90 Å². The Morgan fingerprint density at radius 1 is 1.04 bits per heavy atom. The van der Waals surface area contributed by atoms with Gasteiger partial charge in [-0.2, -0.15) is 0 Å². The number of likely N-dealkylation sites (tertiary alicyclic amines) is 1. The molecule has 1 fully saturated rings. The van der Waals surface area contributed by atoms with Gasteiger partial charge in [0.1, 0.15) is 11.4 Å². The van der Waals surface area contributed by atoms with E-state index in [-0.39, 0.29) is 6.09 Å². The summed E-state index contributed by atoms with van der Waals surface area (Å²) < 4.78 is 5.48. The highest BCUT2D eigenvalue weighted by atomic mass is 16.6. The number of carbonyl (C=O) groups is 1. The normalized spacial score (nSPS) is 16.1. The van der Waals surface area contributed by atoms with Crippen LogP contribution in [0, 0.1) is 0 Å². The first kappa shape index (κ1) is 18.2. The molecule has 0 bridgehead atoms. The quantitative estimate of drug-likeness (QED) is 0.750. The molecule has 4 heteroatoms. The van der Waals surface area contributed by atoms with Gasteiger partial charge in [-0.15, -0.1) is 0 Å². The van der Waals surface area contributed by atoms with Crippen LogP contribution in [0.5, 0.6) is 0 Å². The summed E-state index contributed by atoms with van der Waals surface area (Å²) in [6.45, 7) is 6.30. The third-order valence-electron chi connectivity index (χ3n) is 4.15. The van der Waals surface area contributed by atoms with Crippen molar-refractivity contribution in [2.45, 2.75) is 45.6 Å². The molecule has 1 aliphatic heterocycles. The largest absolute Gasteiger partial charge is 0.443 e. The van der Waals surface area contributed by atoms with E-state index in [2.05, 4.69) is 41.4 Å². The molecule has 0 unspecified atom stereocenters. The lowest BCUT2D eigenvalue weighted by atomic mass is 10.1. The zero-order valence-electron chi connectivity index (χ0n) is 15.7. The molecule has 1 saturated heterocycles. The van der Waals surface area contributed by atoms with Crippen molar-refractivity contribution in [3.8, 4) is 0 Å². The van der Waals surface area contributed by atoms with Crippen molar-refractivity contribution in [3.05, 3.63) is 65.7 Å². The molecule has 0 N–H and O–H groups in total. The van der Waals surface area contributed by atoms with Crippen LogP contribution < -0.4 is 0 Å². The number of ether oxygens (including phenoxy) is 1. The maximum atomic E-state index is 12.3. The predicted molar refractivity (Wildman–Crippen MR) is 105 cm³/mol. The minimum atomic E-state index is -0.496. The standard InChI is InChI=1S/C22H26N2O2/c1-22(2,3)26-21(25)24-15-7-10-20(24)23-19-13-11-18(12-14-19)16-17-8-5-4-6-9-17/h4-6,8-9,11-14H,7,10,15-16H2,1-3H3. The topological polar surface area (TPSA) is 41.9 Å². The Kier molecular flexibility index (Phi) is 5.40. The number of rotatable bonds is 3. The highest BCUT2D eigenvalue weighted by molar-refractivity contribution is 5.98. The lowest BCUT2D eigenvalue weighted by molar-refractivity contribution is 0.0383. The van der Waals surface area contributed by atoms with Gasteiger partial charge in [0.25, 0.3) is 0 Å². The van der Waals surface area contributed by atoms with Gasteiger partial charge in [0.15, 0.2) is 0 Å². The highest BCUT2D eigenvalue weighted by Gasteiger charge is 2.29. The number of amides is 1. The van der Waals surface area contributed by atoms with E-state index >= 15 is 0 Å². The number of hydrogen-bond donors (Lipinski definition) is 0. The van der Waals surface area contributed by atoms with Crippen LogP contribution in [0.2, 0.25) is 0 Å². The SMILES string of the molecule is CC(C)(C)OC(=O)N1CCCC1=Nc1ccc(Cc2ccccc2)cc1. The van der Waals surface area contributed by atoms with E-state index in [1.807, 2.05) is 39.0 Å². The lowest BCUT2D eigenvalue weighted by Gasteiger charge is -2.24. The average molecular weight is 350 g/mol. The van der Waals surface area contributed by atoms with E-state index in [1.54, 1.807) is 4.90 Å². The Bertz CT molecular complexity index is 774. The Morgan fingerprint density at radius 3 is 2.35 bits per heavy atom. The van der Waals surface area contributed by atoms with Crippen LogP contribution in [0.25, 0.3) is 0 Å². The third kappa shape index (κ3) is 4.94. The summed E-state index contributed by atoms with van der Waals surface area (Å²) in [6, 6.07) is 18.6. The van der Waals surface area contributed by atoms with Gasteiger partial charge in [0, 0.05) is 13.0 Å². The minimum absolute atomic E-state index is 0.311. The van der Waals surface area contributed by atoms with E-state index in [0.717, 1.165) is 30.8 Å². The van der Waals surface area contributed by atoms with Crippen LogP contribution in [0.4, 0.5) is 10.5 Å². The average Bonchev–Trinajstić information content (AvgIpc) is 3.04. The van der Waals surface area contributed by atoms with Gasteiger partial charge in [-0.25, -0.2) is 9.79 Å². The number of aliphatic imine (C=N–C) groups is 1. The smallest absolute Gasteiger partial charge is 0.415 e. The Hall–Kier alpha value is -2.62. The van der Waals surface area contributed by atoms with Gasteiger partial charge in [-0.05, 0) is 56.9 Å². The molecule has 0 radical (unpaired) electrons. The molecule has 3 rings (SSSR count). The van der Waals surface area contributed by atoms with E-state index in [0.29, 0.717) is 6.54 Å². The van der Waals surface area contributed by atoms with Gasteiger partial charge in [-0.1, -0.05) is 42.5 Å². The Balaban J connectivity index is 1.69. The molecule has 2 aromatic carbocycles. The maximum Gasteiger partial charge on any atom is 0.415 e. The number of hydrogen-bond acceptors (Lipinski definition) is 3.